The number of anilines is 1. The average Bonchev–Trinajstić information content (AvgIpc) is 3.46. The Morgan fingerprint density at radius 2 is 2.10 bits per heavy atom. The summed E-state index contributed by atoms with van der Waals surface area (Å²) in [6.45, 7) is 5.20. The van der Waals surface area contributed by atoms with E-state index in [2.05, 4.69) is 21.7 Å². The third-order valence-electron chi connectivity index (χ3n) is 5.63. The van der Waals surface area contributed by atoms with Crippen molar-refractivity contribution in [2.24, 2.45) is 0 Å². The molecule has 0 aromatic carbocycles. The summed E-state index contributed by atoms with van der Waals surface area (Å²) >= 11 is 0. The third-order valence-corrected chi connectivity index (χ3v) is 7.52. The maximum atomic E-state index is 12.5. The van der Waals surface area contributed by atoms with E-state index in [4.69, 9.17) is 5.26 Å². The van der Waals surface area contributed by atoms with Crippen molar-refractivity contribution in [3.63, 3.8) is 0 Å². The Labute approximate surface area is 178 Å². The molecule has 3 rings (SSSR count). The van der Waals surface area contributed by atoms with Crippen molar-refractivity contribution in [3.8, 4) is 6.07 Å². The summed E-state index contributed by atoms with van der Waals surface area (Å²) in [5, 5.41) is 15.5. The zero-order chi connectivity index (χ0) is 21.9. The van der Waals surface area contributed by atoms with E-state index in [1.165, 1.54) is 10.5 Å². The number of carbonyl (C=O) groups excluding carboxylic acids is 1. The van der Waals surface area contributed by atoms with Crippen LogP contribution in [0.25, 0.3) is 0 Å². The van der Waals surface area contributed by atoms with Crippen LogP contribution >= 0.6 is 0 Å². The van der Waals surface area contributed by atoms with Gasteiger partial charge in [0.2, 0.25) is 15.9 Å². The molecule has 1 saturated carbocycles. The van der Waals surface area contributed by atoms with Crippen molar-refractivity contribution < 1.29 is 13.2 Å². The predicted octanol–water partition coefficient (Wildman–Crippen LogP) is 1.16. The summed E-state index contributed by atoms with van der Waals surface area (Å²) in [5.74, 6) is 0.493. The van der Waals surface area contributed by atoms with E-state index in [-0.39, 0.29) is 29.4 Å². The highest BCUT2D eigenvalue weighted by molar-refractivity contribution is 7.89. The first-order valence-electron chi connectivity index (χ1n) is 10.3. The van der Waals surface area contributed by atoms with Gasteiger partial charge in [-0.3, -0.25) is 4.79 Å². The molecule has 1 aliphatic carbocycles. The van der Waals surface area contributed by atoms with Crippen molar-refractivity contribution >= 4 is 21.7 Å². The second-order valence-corrected chi connectivity index (χ2v) is 10.6. The molecule has 1 saturated heterocycles. The summed E-state index contributed by atoms with van der Waals surface area (Å²) in [6, 6.07) is 5.17. The highest BCUT2D eigenvalue weighted by atomic mass is 32.2. The standard InChI is InChI=1S/C20H30N6O3S/c1-20(2,24-13-19(27)26-10-4-5-16(26)11-21)14-23-18-9-8-17(12-22-18)30(28,29)25(3)15-6-7-15/h8-9,12,15-16,24H,4-7,10,13-14H2,1-3H3,(H,22,23)/t16-/m0/s1. The van der Waals surface area contributed by atoms with Gasteiger partial charge >= 0.3 is 0 Å². The van der Waals surface area contributed by atoms with Gasteiger partial charge in [-0.25, -0.2) is 13.4 Å². The molecule has 10 heteroatoms. The Kier molecular flexibility index (Phi) is 6.65. The number of rotatable bonds is 9. The molecule has 1 aromatic rings. The van der Waals surface area contributed by atoms with E-state index in [0.29, 0.717) is 18.9 Å². The molecule has 2 heterocycles. The van der Waals surface area contributed by atoms with Gasteiger partial charge in [0, 0.05) is 37.9 Å². The number of nitrogens with zero attached hydrogens (tertiary/aromatic N) is 4. The molecular formula is C20H30N6O3S. The molecule has 1 aliphatic heterocycles. The molecule has 0 bridgehead atoms. The number of amides is 1. The lowest BCUT2D eigenvalue weighted by atomic mass is 10.1. The van der Waals surface area contributed by atoms with Crippen molar-refractivity contribution in [3.05, 3.63) is 18.3 Å². The lowest BCUT2D eigenvalue weighted by molar-refractivity contribution is -0.130. The Morgan fingerprint density at radius 1 is 1.37 bits per heavy atom. The zero-order valence-corrected chi connectivity index (χ0v) is 18.6. The maximum Gasteiger partial charge on any atom is 0.244 e. The number of likely N-dealkylation sites (tertiary alicyclic amines) is 1. The topological polar surface area (TPSA) is 118 Å². The number of sulfonamides is 1. The van der Waals surface area contributed by atoms with Crippen LogP contribution in [0, 0.1) is 11.3 Å². The first-order valence-corrected chi connectivity index (χ1v) is 11.7. The number of hydrogen-bond donors (Lipinski definition) is 2. The van der Waals surface area contributed by atoms with Crippen LogP contribution in [-0.2, 0) is 14.8 Å². The normalized spacial score (nSPS) is 19.7. The third kappa shape index (κ3) is 5.28. The Morgan fingerprint density at radius 3 is 2.70 bits per heavy atom. The van der Waals surface area contributed by atoms with Crippen LogP contribution in [0.15, 0.2) is 23.2 Å². The first-order chi connectivity index (χ1) is 14.1. The lowest BCUT2D eigenvalue weighted by Crippen LogP contribution is -2.50. The van der Waals surface area contributed by atoms with Crippen molar-refractivity contribution in [1.82, 2.24) is 19.5 Å². The van der Waals surface area contributed by atoms with E-state index in [9.17, 15) is 13.2 Å². The minimum atomic E-state index is -3.50. The van der Waals surface area contributed by atoms with Gasteiger partial charge in [0.1, 0.15) is 16.8 Å². The van der Waals surface area contributed by atoms with Gasteiger partial charge < -0.3 is 15.5 Å². The Balaban J connectivity index is 1.50. The van der Waals surface area contributed by atoms with Gasteiger partial charge in [0.25, 0.3) is 0 Å². The predicted molar refractivity (Wildman–Crippen MR) is 113 cm³/mol. The summed E-state index contributed by atoms with van der Waals surface area (Å²) in [4.78, 5) is 18.4. The van der Waals surface area contributed by atoms with Gasteiger partial charge in [0.15, 0.2) is 0 Å². The molecule has 1 aromatic heterocycles. The highest BCUT2D eigenvalue weighted by Gasteiger charge is 2.35. The Bertz CT molecular complexity index is 905. The molecule has 0 spiro atoms. The number of nitriles is 1. The molecule has 0 unspecified atom stereocenters. The number of hydrogen-bond acceptors (Lipinski definition) is 7. The molecule has 2 aliphatic rings. The van der Waals surface area contributed by atoms with Crippen LogP contribution in [0.1, 0.15) is 39.5 Å². The van der Waals surface area contributed by atoms with E-state index in [0.717, 1.165) is 25.7 Å². The second kappa shape index (κ2) is 8.88. The number of carbonyl (C=O) groups is 1. The van der Waals surface area contributed by atoms with Gasteiger partial charge in [-0.1, -0.05) is 0 Å². The van der Waals surface area contributed by atoms with Crippen LogP contribution < -0.4 is 10.6 Å². The fourth-order valence-corrected chi connectivity index (χ4v) is 4.79. The molecule has 1 amide bonds. The second-order valence-electron chi connectivity index (χ2n) is 8.60. The zero-order valence-electron chi connectivity index (χ0n) is 17.8. The largest absolute Gasteiger partial charge is 0.368 e. The lowest BCUT2D eigenvalue weighted by Gasteiger charge is -2.28. The molecule has 30 heavy (non-hydrogen) atoms. The van der Waals surface area contributed by atoms with E-state index >= 15 is 0 Å². The van der Waals surface area contributed by atoms with E-state index < -0.39 is 15.6 Å². The summed E-state index contributed by atoms with van der Waals surface area (Å²) < 4.78 is 26.5. The number of pyridine rings is 1. The molecule has 0 radical (unpaired) electrons. The Hall–Kier alpha value is -2.22. The number of nitrogens with one attached hydrogen (secondary N) is 2. The molecule has 2 fully saturated rings. The highest BCUT2D eigenvalue weighted by Crippen LogP contribution is 2.30. The summed E-state index contributed by atoms with van der Waals surface area (Å²) in [6.07, 6.45) is 4.78. The van der Waals surface area contributed by atoms with Crippen molar-refractivity contribution in [2.45, 2.75) is 62.0 Å². The monoisotopic (exact) mass is 434 g/mol. The van der Waals surface area contributed by atoms with Crippen LogP contribution in [0.4, 0.5) is 5.82 Å². The quantitative estimate of drug-likeness (QED) is 0.599. The maximum absolute atomic E-state index is 12.5. The van der Waals surface area contributed by atoms with Gasteiger partial charge in [-0.2, -0.15) is 9.57 Å². The fourth-order valence-electron chi connectivity index (χ4n) is 3.43. The minimum absolute atomic E-state index is 0.0698. The minimum Gasteiger partial charge on any atom is -0.368 e. The average molecular weight is 435 g/mol. The fraction of sp³-hybridized carbons (Fsp3) is 0.650. The molecular weight excluding hydrogens is 404 g/mol. The van der Waals surface area contributed by atoms with Crippen molar-refractivity contribution in [2.75, 3.05) is 32.0 Å². The molecule has 2 N–H and O–H groups in total. The van der Waals surface area contributed by atoms with Crippen LogP contribution in [0.5, 0.6) is 0 Å². The van der Waals surface area contributed by atoms with Gasteiger partial charge in [-0.15, -0.1) is 0 Å². The van der Waals surface area contributed by atoms with E-state index in [1.807, 2.05) is 13.8 Å². The van der Waals surface area contributed by atoms with Crippen LogP contribution in [0.2, 0.25) is 0 Å². The van der Waals surface area contributed by atoms with E-state index in [1.54, 1.807) is 24.1 Å². The van der Waals surface area contributed by atoms with Gasteiger partial charge in [0.05, 0.1) is 12.6 Å². The van der Waals surface area contributed by atoms with Crippen molar-refractivity contribution in [1.29, 1.82) is 5.26 Å². The smallest absolute Gasteiger partial charge is 0.244 e. The molecule has 9 nitrogen and oxygen atoms in total. The first kappa shape index (κ1) is 22.5. The van der Waals surface area contributed by atoms with Gasteiger partial charge in [-0.05, 0) is 51.7 Å². The molecule has 1 atom stereocenters. The summed E-state index contributed by atoms with van der Waals surface area (Å²) in [7, 11) is -1.90. The number of aromatic nitrogens is 1. The molecule has 164 valence electrons. The SMILES string of the molecule is CN(C1CC1)S(=O)(=O)c1ccc(NCC(C)(C)NCC(=O)N2CCC[C@H]2C#N)nc1. The van der Waals surface area contributed by atoms with Crippen LogP contribution in [0.3, 0.4) is 0 Å². The summed E-state index contributed by atoms with van der Waals surface area (Å²) in [5.41, 5.74) is -0.407. The van der Waals surface area contributed by atoms with Crippen LogP contribution in [-0.4, -0.2) is 72.8 Å².